The number of carbonyl (C=O) groups excluding carboxylic acids is 2. The number of aromatic nitrogens is 3. The van der Waals surface area contributed by atoms with Crippen molar-refractivity contribution < 1.29 is 14.3 Å². The van der Waals surface area contributed by atoms with Gasteiger partial charge in [0.05, 0.1) is 11.6 Å². The van der Waals surface area contributed by atoms with Crippen molar-refractivity contribution in [3.63, 3.8) is 0 Å². The van der Waals surface area contributed by atoms with Crippen molar-refractivity contribution in [2.75, 3.05) is 26.2 Å². The van der Waals surface area contributed by atoms with Crippen LogP contribution in [0.25, 0.3) is 0 Å². The lowest BCUT2D eigenvalue weighted by atomic mass is 10.0. The molecule has 8 heteroatoms. The first-order valence-corrected chi connectivity index (χ1v) is 12.6. The molecule has 0 saturated carbocycles. The third-order valence-corrected chi connectivity index (χ3v) is 6.29. The summed E-state index contributed by atoms with van der Waals surface area (Å²) < 4.78 is 8.02. The number of rotatable bonds is 7. The molecule has 1 atom stereocenters. The third-order valence-electron chi connectivity index (χ3n) is 6.29. The van der Waals surface area contributed by atoms with E-state index in [9.17, 15) is 9.59 Å². The molecule has 186 valence electrons. The van der Waals surface area contributed by atoms with Gasteiger partial charge in [0, 0.05) is 32.6 Å². The van der Waals surface area contributed by atoms with Crippen molar-refractivity contribution in [2.24, 2.45) is 5.92 Å². The zero-order chi connectivity index (χ0) is 24.3. The molecule has 0 fully saturated rings. The van der Waals surface area contributed by atoms with E-state index in [1.807, 2.05) is 41.0 Å². The Hall–Kier alpha value is -2.90. The molecule has 0 spiro atoms. The fourth-order valence-electron chi connectivity index (χ4n) is 4.51. The number of para-hydroxylation sites is 1. The predicted octanol–water partition coefficient (Wildman–Crippen LogP) is 4.03. The van der Waals surface area contributed by atoms with E-state index in [2.05, 4.69) is 23.9 Å². The summed E-state index contributed by atoms with van der Waals surface area (Å²) in [4.78, 5) is 34.4. The highest BCUT2D eigenvalue weighted by molar-refractivity contribution is 5.96. The molecule has 34 heavy (non-hydrogen) atoms. The van der Waals surface area contributed by atoms with Crippen LogP contribution in [0.2, 0.25) is 0 Å². The van der Waals surface area contributed by atoms with Crippen molar-refractivity contribution in [1.29, 1.82) is 0 Å². The van der Waals surface area contributed by atoms with E-state index in [0.29, 0.717) is 56.4 Å². The van der Waals surface area contributed by atoms with Gasteiger partial charge in [0.25, 0.3) is 5.91 Å². The molecule has 0 bridgehead atoms. The highest BCUT2D eigenvalue weighted by Gasteiger charge is 2.26. The molecule has 0 saturated heterocycles. The Kier molecular flexibility index (Phi) is 9.91. The van der Waals surface area contributed by atoms with Crippen molar-refractivity contribution in [3.8, 4) is 5.75 Å². The van der Waals surface area contributed by atoms with Crippen LogP contribution in [0.15, 0.2) is 36.9 Å². The van der Waals surface area contributed by atoms with Gasteiger partial charge in [-0.2, -0.15) is 5.10 Å². The van der Waals surface area contributed by atoms with E-state index in [0.717, 1.165) is 32.1 Å². The Bertz CT molecular complexity index is 900. The summed E-state index contributed by atoms with van der Waals surface area (Å²) in [5.74, 6) is 1.18. The summed E-state index contributed by atoms with van der Waals surface area (Å²) in [5, 5.41) is 4.13. The third kappa shape index (κ3) is 7.30. The Labute approximate surface area is 203 Å². The topological polar surface area (TPSA) is 80.6 Å². The van der Waals surface area contributed by atoms with Crippen LogP contribution < -0.4 is 4.74 Å². The maximum Gasteiger partial charge on any atom is 0.257 e. The summed E-state index contributed by atoms with van der Waals surface area (Å²) in [5.41, 5.74) is 0.595. The van der Waals surface area contributed by atoms with Gasteiger partial charge in [0.2, 0.25) is 5.91 Å². The van der Waals surface area contributed by atoms with E-state index in [4.69, 9.17) is 4.74 Å². The highest BCUT2D eigenvalue weighted by Crippen LogP contribution is 2.23. The van der Waals surface area contributed by atoms with Crippen LogP contribution in [0.4, 0.5) is 0 Å². The maximum absolute atomic E-state index is 13.4. The number of amides is 2. The number of nitrogens with zero attached hydrogens (tertiary/aromatic N) is 5. The molecule has 1 aromatic carbocycles. The first kappa shape index (κ1) is 25.7. The van der Waals surface area contributed by atoms with E-state index in [1.54, 1.807) is 11.0 Å². The van der Waals surface area contributed by atoms with Crippen LogP contribution in [-0.2, 0) is 11.3 Å². The van der Waals surface area contributed by atoms with Crippen LogP contribution in [0, 0.1) is 5.92 Å². The minimum Gasteiger partial charge on any atom is -0.491 e. The summed E-state index contributed by atoms with van der Waals surface area (Å²) >= 11 is 0. The zero-order valence-electron chi connectivity index (χ0n) is 20.9. The van der Waals surface area contributed by atoms with Gasteiger partial charge in [0.15, 0.2) is 0 Å². The molecule has 1 aliphatic rings. The van der Waals surface area contributed by atoms with Crippen molar-refractivity contribution in [2.45, 2.75) is 71.9 Å². The lowest BCUT2D eigenvalue weighted by Gasteiger charge is -2.33. The standard InChI is InChI=1S/C26H39N5O3/c1-4-29-14-8-5-9-16-31(25(32)13-10-15-30-20-27-19-28-30)22(17-21(2)3)18-34-24-12-7-6-11-23(24)26(29)33/h6-7,11-12,19-22H,4-5,8-10,13-18H2,1-3H3/t22-/m0/s1. The van der Waals surface area contributed by atoms with Gasteiger partial charge in [0.1, 0.15) is 25.0 Å². The van der Waals surface area contributed by atoms with Crippen LogP contribution >= 0.6 is 0 Å². The molecule has 2 heterocycles. The van der Waals surface area contributed by atoms with Gasteiger partial charge in [-0.05, 0) is 57.1 Å². The molecule has 1 aliphatic heterocycles. The maximum atomic E-state index is 13.4. The Balaban J connectivity index is 1.78. The fourth-order valence-corrected chi connectivity index (χ4v) is 4.51. The molecule has 0 unspecified atom stereocenters. The molecule has 8 nitrogen and oxygen atoms in total. The summed E-state index contributed by atoms with van der Waals surface area (Å²) in [7, 11) is 0. The van der Waals surface area contributed by atoms with Crippen LogP contribution in [0.3, 0.4) is 0 Å². The van der Waals surface area contributed by atoms with E-state index < -0.39 is 0 Å². The average Bonchev–Trinajstić information content (AvgIpc) is 3.34. The Morgan fingerprint density at radius 2 is 1.97 bits per heavy atom. The number of hydrogen-bond acceptors (Lipinski definition) is 5. The van der Waals surface area contributed by atoms with Crippen LogP contribution in [-0.4, -0.2) is 68.7 Å². The van der Waals surface area contributed by atoms with Gasteiger partial charge in [-0.1, -0.05) is 26.0 Å². The second-order valence-corrected chi connectivity index (χ2v) is 9.39. The number of ether oxygens (including phenoxy) is 1. The Morgan fingerprint density at radius 1 is 1.18 bits per heavy atom. The average molecular weight is 470 g/mol. The molecular formula is C26H39N5O3. The number of carbonyl (C=O) groups is 2. The van der Waals surface area contributed by atoms with Crippen molar-refractivity contribution >= 4 is 11.8 Å². The van der Waals surface area contributed by atoms with E-state index in [-0.39, 0.29) is 17.9 Å². The second kappa shape index (κ2) is 13.1. The molecule has 0 radical (unpaired) electrons. The van der Waals surface area contributed by atoms with Crippen molar-refractivity contribution in [1.82, 2.24) is 24.6 Å². The molecule has 1 aromatic heterocycles. The normalized spacial score (nSPS) is 18.0. The summed E-state index contributed by atoms with van der Waals surface area (Å²) in [6.45, 7) is 9.50. The van der Waals surface area contributed by atoms with Crippen LogP contribution in [0.1, 0.15) is 69.7 Å². The van der Waals surface area contributed by atoms with Crippen LogP contribution in [0.5, 0.6) is 5.75 Å². The largest absolute Gasteiger partial charge is 0.491 e. The minimum absolute atomic E-state index is 0.0128. The molecule has 3 rings (SSSR count). The van der Waals surface area contributed by atoms with Gasteiger partial charge in [-0.15, -0.1) is 0 Å². The number of hydrogen-bond donors (Lipinski definition) is 0. The van der Waals surface area contributed by atoms with E-state index in [1.165, 1.54) is 6.33 Å². The molecular weight excluding hydrogens is 430 g/mol. The minimum atomic E-state index is -0.0370. The monoisotopic (exact) mass is 469 g/mol. The predicted molar refractivity (Wildman–Crippen MR) is 132 cm³/mol. The Morgan fingerprint density at radius 3 is 2.71 bits per heavy atom. The first-order valence-electron chi connectivity index (χ1n) is 12.6. The summed E-state index contributed by atoms with van der Waals surface area (Å²) in [6.07, 6.45) is 8.05. The SMILES string of the molecule is CCN1CCCCCN(C(=O)CCCn2cncn2)[C@@H](CC(C)C)COc2ccccc2C1=O. The molecule has 0 aliphatic carbocycles. The molecule has 0 N–H and O–H groups in total. The zero-order valence-corrected chi connectivity index (χ0v) is 20.9. The van der Waals surface area contributed by atoms with Gasteiger partial charge < -0.3 is 14.5 Å². The second-order valence-electron chi connectivity index (χ2n) is 9.39. The van der Waals surface area contributed by atoms with Crippen molar-refractivity contribution in [3.05, 3.63) is 42.5 Å². The van der Waals surface area contributed by atoms with E-state index >= 15 is 0 Å². The van der Waals surface area contributed by atoms with Gasteiger partial charge in [-0.3, -0.25) is 14.3 Å². The number of fused-ring (bicyclic) bond motifs is 1. The molecule has 2 aromatic rings. The highest BCUT2D eigenvalue weighted by atomic mass is 16.5. The molecule has 2 amide bonds. The van der Waals surface area contributed by atoms with Gasteiger partial charge >= 0.3 is 0 Å². The number of aryl methyl sites for hydroxylation is 1. The first-order chi connectivity index (χ1) is 16.5. The number of benzene rings is 1. The lowest BCUT2D eigenvalue weighted by molar-refractivity contribution is -0.134. The summed E-state index contributed by atoms with van der Waals surface area (Å²) in [6, 6.07) is 7.43. The van der Waals surface area contributed by atoms with Gasteiger partial charge in [-0.25, -0.2) is 4.98 Å². The quantitative estimate of drug-likeness (QED) is 0.612. The fraction of sp³-hybridized carbons (Fsp3) is 0.615. The smallest absolute Gasteiger partial charge is 0.257 e. The lowest BCUT2D eigenvalue weighted by Crippen LogP contribution is -2.45.